The van der Waals surface area contributed by atoms with Gasteiger partial charge in [0.25, 0.3) is 0 Å². The number of hydrogen-bond donors (Lipinski definition) is 2. The van der Waals surface area contributed by atoms with Crippen LogP contribution in [0, 0.1) is 11.3 Å². The highest BCUT2D eigenvalue weighted by molar-refractivity contribution is 6.19. The zero-order valence-electron chi connectivity index (χ0n) is 12.3. The maximum Gasteiger partial charge on any atom is 0.328 e. The number of amides is 4. The number of imide groups is 2. The summed E-state index contributed by atoms with van der Waals surface area (Å²) in [5, 5.41) is 4.48. The van der Waals surface area contributed by atoms with Crippen LogP contribution in [0.5, 0.6) is 0 Å². The van der Waals surface area contributed by atoms with Crippen molar-refractivity contribution >= 4 is 17.8 Å². The van der Waals surface area contributed by atoms with Crippen molar-refractivity contribution in [3.63, 3.8) is 0 Å². The summed E-state index contributed by atoms with van der Waals surface area (Å²) in [4.78, 5) is 36.0. The van der Waals surface area contributed by atoms with Gasteiger partial charge in [-0.1, -0.05) is 50.6 Å². The van der Waals surface area contributed by atoms with Crippen LogP contribution >= 0.6 is 0 Å². The van der Waals surface area contributed by atoms with E-state index in [1.54, 1.807) is 0 Å². The lowest BCUT2D eigenvalue weighted by Gasteiger charge is -2.38. The van der Waals surface area contributed by atoms with Crippen LogP contribution in [0.4, 0.5) is 4.79 Å². The number of carbonyl (C=O) groups is 3. The maximum absolute atomic E-state index is 12.4. The van der Waals surface area contributed by atoms with Gasteiger partial charge in [-0.25, -0.2) is 4.79 Å². The van der Waals surface area contributed by atoms with Gasteiger partial charge in [-0.15, -0.1) is 0 Å². The molecule has 1 aliphatic rings. The third-order valence-corrected chi connectivity index (χ3v) is 4.37. The van der Waals surface area contributed by atoms with Crippen molar-refractivity contribution in [3.8, 4) is 0 Å². The fraction of sp³-hybridized carbons (Fsp3) is 0.438. The van der Waals surface area contributed by atoms with Crippen LogP contribution in [0.15, 0.2) is 30.3 Å². The molecule has 0 radical (unpaired) electrons. The van der Waals surface area contributed by atoms with E-state index in [1.165, 1.54) is 0 Å². The summed E-state index contributed by atoms with van der Waals surface area (Å²) in [6.07, 6.45) is 1.68. The molecule has 1 unspecified atom stereocenters. The topological polar surface area (TPSA) is 75.3 Å². The quantitative estimate of drug-likeness (QED) is 0.814. The van der Waals surface area contributed by atoms with E-state index in [4.69, 9.17) is 0 Å². The summed E-state index contributed by atoms with van der Waals surface area (Å²) in [7, 11) is 0. The monoisotopic (exact) mass is 288 g/mol. The molecule has 0 aromatic heterocycles. The molecular weight excluding hydrogens is 268 g/mol. The van der Waals surface area contributed by atoms with Gasteiger partial charge in [0.1, 0.15) is 5.41 Å². The van der Waals surface area contributed by atoms with Crippen LogP contribution in [-0.2, 0) is 16.0 Å². The van der Waals surface area contributed by atoms with E-state index in [2.05, 4.69) is 10.6 Å². The van der Waals surface area contributed by atoms with Gasteiger partial charge in [-0.05, 0) is 24.3 Å². The molecule has 2 rings (SSSR count). The van der Waals surface area contributed by atoms with Gasteiger partial charge in [0.05, 0.1) is 0 Å². The normalized spacial score (nSPS) is 18.9. The lowest BCUT2D eigenvalue weighted by molar-refractivity contribution is -0.148. The molecular formula is C16H20N2O3. The zero-order chi connectivity index (χ0) is 15.5. The van der Waals surface area contributed by atoms with Crippen molar-refractivity contribution in [2.75, 3.05) is 0 Å². The van der Waals surface area contributed by atoms with Crippen LogP contribution in [0.3, 0.4) is 0 Å². The molecule has 0 spiro atoms. The molecule has 21 heavy (non-hydrogen) atoms. The van der Waals surface area contributed by atoms with Crippen molar-refractivity contribution in [1.82, 2.24) is 10.6 Å². The molecule has 4 amide bonds. The van der Waals surface area contributed by atoms with Gasteiger partial charge in [0.2, 0.25) is 11.8 Å². The maximum atomic E-state index is 12.4. The molecule has 1 aromatic rings. The van der Waals surface area contributed by atoms with Gasteiger partial charge < -0.3 is 0 Å². The Balaban J connectivity index is 2.27. The number of aryl methyl sites for hydroxylation is 1. The van der Waals surface area contributed by atoms with Crippen molar-refractivity contribution in [2.24, 2.45) is 11.3 Å². The van der Waals surface area contributed by atoms with Crippen molar-refractivity contribution in [3.05, 3.63) is 35.9 Å². The fourth-order valence-electron chi connectivity index (χ4n) is 2.82. The largest absolute Gasteiger partial charge is 0.328 e. The van der Waals surface area contributed by atoms with Crippen molar-refractivity contribution < 1.29 is 14.4 Å². The number of carbonyl (C=O) groups excluding carboxylic acids is 3. The lowest BCUT2D eigenvalue weighted by atomic mass is 9.69. The molecule has 1 aliphatic heterocycles. The molecule has 2 N–H and O–H groups in total. The molecule has 1 heterocycles. The summed E-state index contributed by atoms with van der Waals surface area (Å²) in [5.74, 6) is -1.11. The highest BCUT2D eigenvalue weighted by Gasteiger charge is 2.52. The van der Waals surface area contributed by atoms with E-state index in [0.717, 1.165) is 5.56 Å². The Morgan fingerprint density at radius 3 is 2.14 bits per heavy atom. The Kier molecular flexibility index (Phi) is 4.40. The number of benzene rings is 1. The average molecular weight is 288 g/mol. The van der Waals surface area contributed by atoms with E-state index >= 15 is 0 Å². The first-order chi connectivity index (χ1) is 10.0. The number of nitrogens with one attached hydrogen (secondary N) is 2. The summed E-state index contributed by atoms with van der Waals surface area (Å²) < 4.78 is 0. The van der Waals surface area contributed by atoms with Crippen LogP contribution in [0.2, 0.25) is 0 Å². The SMILES string of the molecule is CCC(C)C1(CCc2ccccc2)C(=O)NC(=O)NC1=O. The Morgan fingerprint density at radius 2 is 1.62 bits per heavy atom. The number of rotatable bonds is 5. The van der Waals surface area contributed by atoms with Gasteiger partial charge in [-0.2, -0.15) is 0 Å². The lowest BCUT2D eigenvalue weighted by Crippen LogP contribution is -2.64. The van der Waals surface area contributed by atoms with Crippen LogP contribution < -0.4 is 10.6 Å². The molecule has 5 nitrogen and oxygen atoms in total. The number of urea groups is 1. The Labute approximate surface area is 124 Å². The predicted octanol–water partition coefficient (Wildman–Crippen LogP) is 2.02. The summed E-state index contributed by atoms with van der Waals surface area (Å²) in [6, 6.07) is 8.98. The number of barbiturate groups is 1. The van der Waals surface area contributed by atoms with Gasteiger partial charge >= 0.3 is 6.03 Å². The van der Waals surface area contributed by atoms with Crippen LogP contribution in [-0.4, -0.2) is 17.8 Å². The zero-order valence-corrected chi connectivity index (χ0v) is 12.3. The van der Waals surface area contributed by atoms with E-state index in [9.17, 15) is 14.4 Å². The summed E-state index contributed by atoms with van der Waals surface area (Å²) in [5.41, 5.74) is -0.115. The van der Waals surface area contributed by atoms with Crippen molar-refractivity contribution in [2.45, 2.75) is 33.1 Å². The summed E-state index contributed by atoms with van der Waals surface area (Å²) >= 11 is 0. The molecule has 1 aromatic carbocycles. The van der Waals surface area contributed by atoms with E-state index < -0.39 is 23.3 Å². The third-order valence-electron chi connectivity index (χ3n) is 4.37. The molecule has 1 atom stereocenters. The molecule has 5 heteroatoms. The Bertz CT molecular complexity index is 534. The predicted molar refractivity (Wildman–Crippen MR) is 78.3 cm³/mol. The number of hydrogen-bond acceptors (Lipinski definition) is 3. The minimum atomic E-state index is -1.18. The Hall–Kier alpha value is -2.17. The molecule has 0 saturated carbocycles. The first-order valence-corrected chi connectivity index (χ1v) is 7.21. The molecule has 1 fully saturated rings. The van der Waals surface area contributed by atoms with Crippen LogP contribution in [0.1, 0.15) is 32.3 Å². The van der Waals surface area contributed by atoms with E-state index in [-0.39, 0.29) is 5.92 Å². The van der Waals surface area contributed by atoms with Gasteiger partial charge in [0.15, 0.2) is 0 Å². The molecule has 0 aliphatic carbocycles. The van der Waals surface area contributed by atoms with E-state index in [1.807, 2.05) is 44.2 Å². The standard InChI is InChI=1S/C16H20N2O3/c1-3-11(2)16(10-9-12-7-5-4-6-8-12)13(19)17-15(21)18-14(16)20/h4-8,11H,3,9-10H2,1-2H3,(H2,17,18,19,20,21). The smallest absolute Gasteiger partial charge is 0.277 e. The highest BCUT2D eigenvalue weighted by Crippen LogP contribution is 2.37. The van der Waals surface area contributed by atoms with Gasteiger partial charge in [0, 0.05) is 0 Å². The fourth-order valence-corrected chi connectivity index (χ4v) is 2.82. The second kappa shape index (κ2) is 6.08. The van der Waals surface area contributed by atoms with Crippen molar-refractivity contribution in [1.29, 1.82) is 0 Å². The molecule has 0 bridgehead atoms. The summed E-state index contributed by atoms with van der Waals surface area (Å²) in [6.45, 7) is 3.81. The minimum Gasteiger partial charge on any atom is -0.277 e. The van der Waals surface area contributed by atoms with E-state index in [0.29, 0.717) is 19.3 Å². The first kappa shape index (κ1) is 15.2. The molecule has 1 saturated heterocycles. The Morgan fingerprint density at radius 1 is 1.05 bits per heavy atom. The second-order valence-electron chi connectivity index (χ2n) is 5.50. The van der Waals surface area contributed by atoms with Gasteiger partial charge in [-0.3, -0.25) is 20.2 Å². The molecule has 112 valence electrons. The second-order valence-corrected chi connectivity index (χ2v) is 5.50. The first-order valence-electron chi connectivity index (χ1n) is 7.21. The minimum absolute atomic E-state index is 0.144. The average Bonchev–Trinajstić information content (AvgIpc) is 2.47. The highest BCUT2D eigenvalue weighted by atomic mass is 16.2. The third kappa shape index (κ3) is 2.82. The van der Waals surface area contributed by atoms with Crippen LogP contribution in [0.25, 0.3) is 0 Å².